The summed E-state index contributed by atoms with van der Waals surface area (Å²) < 4.78 is 0. The maximum atomic E-state index is 9.62. The topological polar surface area (TPSA) is 73.9 Å². The van der Waals surface area contributed by atoms with Gasteiger partial charge in [-0.25, -0.2) is 4.99 Å². The van der Waals surface area contributed by atoms with Gasteiger partial charge >= 0.3 is 0 Å². The zero-order valence-electron chi connectivity index (χ0n) is 12.7. The largest absolute Gasteiger partial charge is 0.392 e. The minimum absolute atomic E-state index is 0. The Labute approximate surface area is 149 Å². The Kier molecular flexibility index (Phi) is 6.46. The Morgan fingerprint density at radius 1 is 1.27 bits per heavy atom. The number of rotatable bonds is 5. The van der Waals surface area contributed by atoms with Crippen molar-refractivity contribution >= 4 is 29.9 Å². The molecule has 1 aromatic rings. The van der Waals surface area contributed by atoms with Gasteiger partial charge in [0.1, 0.15) is 0 Å². The van der Waals surface area contributed by atoms with Crippen LogP contribution in [0.25, 0.3) is 0 Å². The van der Waals surface area contributed by atoms with Crippen molar-refractivity contribution in [2.75, 3.05) is 13.1 Å². The van der Waals surface area contributed by atoms with Crippen molar-refractivity contribution in [1.82, 2.24) is 10.2 Å². The number of hydrogen-bond donors (Lipinski definition) is 3. The molecule has 2 aliphatic rings. The summed E-state index contributed by atoms with van der Waals surface area (Å²) in [5.74, 6) is 0.545. The molecule has 0 aromatic heterocycles. The van der Waals surface area contributed by atoms with Gasteiger partial charge in [-0.2, -0.15) is 0 Å². The predicted molar refractivity (Wildman–Crippen MR) is 99.2 cm³/mol. The summed E-state index contributed by atoms with van der Waals surface area (Å²) in [5.41, 5.74) is 8.37. The Hall–Kier alpha value is -0.860. The maximum Gasteiger partial charge on any atom is 0.189 e. The van der Waals surface area contributed by atoms with E-state index in [2.05, 4.69) is 33.4 Å². The molecule has 1 aromatic carbocycles. The minimum atomic E-state index is -0.173. The molecule has 1 unspecified atom stereocenters. The first-order valence-corrected chi connectivity index (χ1v) is 7.74. The second-order valence-electron chi connectivity index (χ2n) is 6.07. The third kappa shape index (κ3) is 5.10. The summed E-state index contributed by atoms with van der Waals surface area (Å²) in [6.07, 6.45) is 3.10. The molecule has 0 bridgehead atoms. The van der Waals surface area contributed by atoms with E-state index < -0.39 is 0 Å². The molecular formula is C16H25IN4O. The highest BCUT2D eigenvalue weighted by molar-refractivity contribution is 14.0. The van der Waals surface area contributed by atoms with Crippen molar-refractivity contribution in [3.05, 3.63) is 35.4 Å². The first-order chi connectivity index (χ1) is 10.2. The van der Waals surface area contributed by atoms with Crippen molar-refractivity contribution in [1.29, 1.82) is 0 Å². The van der Waals surface area contributed by atoms with Gasteiger partial charge < -0.3 is 16.2 Å². The van der Waals surface area contributed by atoms with Gasteiger partial charge in [-0.1, -0.05) is 24.3 Å². The number of nitrogens with zero attached hydrogens (tertiary/aromatic N) is 2. The summed E-state index contributed by atoms with van der Waals surface area (Å²) in [6, 6.07) is 8.88. The van der Waals surface area contributed by atoms with Gasteiger partial charge in [-0.3, -0.25) is 4.90 Å². The fraction of sp³-hybridized carbons (Fsp3) is 0.562. The van der Waals surface area contributed by atoms with Gasteiger partial charge in [0.2, 0.25) is 0 Å². The minimum Gasteiger partial charge on any atom is -0.392 e. The van der Waals surface area contributed by atoms with Crippen molar-refractivity contribution in [2.45, 2.75) is 44.5 Å². The zero-order chi connectivity index (χ0) is 14.7. The van der Waals surface area contributed by atoms with Crippen LogP contribution in [-0.4, -0.2) is 41.2 Å². The van der Waals surface area contributed by atoms with Crippen LogP contribution >= 0.6 is 24.0 Å². The van der Waals surface area contributed by atoms with E-state index in [9.17, 15) is 5.11 Å². The molecule has 1 saturated heterocycles. The van der Waals surface area contributed by atoms with Crippen LogP contribution in [0.4, 0.5) is 0 Å². The first-order valence-electron chi connectivity index (χ1n) is 7.74. The number of likely N-dealkylation sites (tertiary alicyclic amines) is 1. The molecule has 0 spiro atoms. The van der Waals surface area contributed by atoms with Crippen LogP contribution in [0.3, 0.4) is 0 Å². The van der Waals surface area contributed by atoms with E-state index >= 15 is 0 Å². The van der Waals surface area contributed by atoms with Gasteiger partial charge in [0, 0.05) is 25.7 Å². The van der Waals surface area contributed by atoms with E-state index in [4.69, 9.17) is 5.73 Å². The van der Waals surface area contributed by atoms with Crippen LogP contribution in [0.1, 0.15) is 30.4 Å². The number of guanidine groups is 1. The van der Waals surface area contributed by atoms with Crippen LogP contribution in [0.5, 0.6) is 0 Å². The molecule has 3 rings (SSSR count). The number of nitrogens with one attached hydrogen (secondary N) is 1. The van der Waals surface area contributed by atoms with E-state index in [1.165, 1.54) is 24.0 Å². The quantitative estimate of drug-likeness (QED) is 0.386. The average Bonchev–Trinajstić information content (AvgIpc) is 3.19. The lowest BCUT2D eigenvalue weighted by Gasteiger charge is -2.17. The lowest BCUT2D eigenvalue weighted by atomic mass is 10.1. The molecule has 0 radical (unpaired) electrons. The highest BCUT2D eigenvalue weighted by Gasteiger charge is 2.22. The summed E-state index contributed by atoms with van der Waals surface area (Å²) in [6.45, 7) is 3.21. The van der Waals surface area contributed by atoms with E-state index in [1.807, 2.05) is 6.07 Å². The predicted octanol–water partition coefficient (Wildman–Crippen LogP) is 1.44. The Balaban J connectivity index is 0.00000176. The number of aliphatic imine (C=N–C) groups is 1. The number of halogens is 1. The third-order valence-electron chi connectivity index (χ3n) is 4.11. The third-order valence-corrected chi connectivity index (χ3v) is 4.11. The number of nitrogens with two attached hydrogens (primary N) is 1. The number of benzene rings is 1. The molecule has 6 heteroatoms. The molecular weight excluding hydrogens is 391 g/mol. The summed E-state index contributed by atoms with van der Waals surface area (Å²) >= 11 is 0. The van der Waals surface area contributed by atoms with E-state index in [1.54, 1.807) is 0 Å². The van der Waals surface area contributed by atoms with Crippen LogP contribution in [-0.2, 0) is 13.1 Å². The van der Waals surface area contributed by atoms with E-state index in [0.29, 0.717) is 18.5 Å². The zero-order valence-corrected chi connectivity index (χ0v) is 15.1. The second kappa shape index (κ2) is 8.12. The fourth-order valence-corrected chi connectivity index (χ4v) is 2.72. The number of aliphatic hydroxyl groups excluding tert-OH is 1. The molecule has 1 heterocycles. The monoisotopic (exact) mass is 416 g/mol. The van der Waals surface area contributed by atoms with Crippen molar-refractivity contribution < 1.29 is 5.11 Å². The van der Waals surface area contributed by atoms with Gasteiger partial charge in [-0.05, 0) is 30.4 Å². The lowest BCUT2D eigenvalue weighted by molar-refractivity contribution is 0.174. The second-order valence-corrected chi connectivity index (χ2v) is 6.07. The number of β-amino-alcohol motifs (C(OH)–C–C–N with tert-alkyl or cyclic N) is 1. The summed E-state index contributed by atoms with van der Waals surface area (Å²) in [4.78, 5) is 6.73. The van der Waals surface area contributed by atoms with Crippen LogP contribution < -0.4 is 11.1 Å². The van der Waals surface area contributed by atoms with Crippen LogP contribution in [0.15, 0.2) is 29.3 Å². The summed E-state index contributed by atoms with van der Waals surface area (Å²) in [7, 11) is 0. The Morgan fingerprint density at radius 2 is 2.00 bits per heavy atom. The molecule has 22 heavy (non-hydrogen) atoms. The number of hydrogen-bond acceptors (Lipinski definition) is 3. The SMILES string of the molecule is I.NC(=NCc1ccccc1CN1CCC(O)C1)NC1CC1. The van der Waals surface area contributed by atoms with Crippen LogP contribution in [0, 0.1) is 0 Å². The van der Waals surface area contributed by atoms with Gasteiger partial charge in [0.25, 0.3) is 0 Å². The standard InChI is InChI=1S/C16H24N4O.HI/c17-16(19-14-5-6-14)18-9-12-3-1-2-4-13(12)10-20-8-7-15(21)11-20;/h1-4,14-15,21H,5-11H2,(H3,17,18,19);1H. The molecule has 122 valence electrons. The summed E-state index contributed by atoms with van der Waals surface area (Å²) in [5, 5.41) is 12.8. The number of aliphatic hydroxyl groups is 1. The molecule has 1 aliphatic carbocycles. The normalized spacial score (nSPS) is 22.4. The van der Waals surface area contributed by atoms with Gasteiger partial charge in [-0.15, -0.1) is 24.0 Å². The van der Waals surface area contributed by atoms with E-state index in [0.717, 1.165) is 26.1 Å². The molecule has 1 aliphatic heterocycles. The molecule has 4 N–H and O–H groups in total. The fourth-order valence-electron chi connectivity index (χ4n) is 2.72. The molecule has 2 fully saturated rings. The molecule has 1 atom stereocenters. The van der Waals surface area contributed by atoms with Crippen molar-refractivity contribution in [3.8, 4) is 0 Å². The van der Waals surface area contributed by atoms with Gasteiger partial charge in [0.15, 0.2) is 5.96 Å². The molecule has 0 amide bonds. The molecule has 5 nitrogen and oxygen atoms in total. The smallest absolute Gasteiger partial charge is 0.189 e. The van der Waals surface area contributed by atoms with Crippen LogP contribution in [0.2, 0.25) is 0 Å². The van der Waals surface area contributed by atoms with Gasteiger partial charge in [0.05, 0.1) is 12.6 Å². The maximum absolute atomic E-state index is 9.62. The molecule has 1 saturated carbocycles. The Morgan fingerprint density at radius 3 is 2.64 bits per heavy atom. The average molecular weight is 416 g/mol. The van der Waals surface area contributed by atoms with E-state index in [-0.39, 0.29) is 30.1 Å². The van der Waals surface area contributed by atoms with Crippen molar-refractivity contribution in [2.24, 2.45) is 10.7 Å². The Bertz CT molecular complexity index is 519. The van der Waals surface area contributed by atoms with Crippen molar-refractivity contribution in [3.63, 3.8) is 0 Å². The highest BCUT2D eigenvalue weighted by Crippen LogP contribution is 2.19. The highest BCUT2D eigenvalue weighted by atomic mass is 127. The first kappa shape index (κ1) is 17.5. The lowest BCUT2D eigenvalue weighted by Crippen LogP contribution is -2.33.